The number of hydrogen-bond donors (Lipinski definition) is 2. The fourth-order valence-electron chi connectivity index (χ4n) is 6.35. The Kier molecular flexibility index (Phi) is 4.89. The summed E-state index contributed by atoms with van der Waals surface area (Å²) in [6.07, 6.45) is 3.47. The number of amides is 1. The van der Waals surface area contributed by atoms with E-state index in [-0.39, 0.29) is 28.6 Å². The molecule has 7 heteroatoms. The number of likely N-dealkylation sites (N-methyl/N-ethyl adjacent to an activating group) is 1. The van der Waals surface area contributed by atoms with Gasteiger partial charge in [-0.2, -0.15) is 0 Å². The van der Waals surface area contributed by atoms with Crippen LogP contribution < -0.4 is 15.2 Å². The van der Waals surface area contributed by atoms with Gasteiger partial charge in [-0.1, -0.05) is 18.2 Å². The van der Waals surface area contributed by atoms with Crippen LogP contribution >= 0.6 is 0 Å². The van der Waals surface area contributed by atoms with Crippen molar-refractivity contribution in [2.75, 3.05) is 20.7 Å². The predicted molar refractivity (Wildman–Crippen MR) is 118 cm³/mol. The first-order chi connectivity index (χ1) is 15.4. The molecule has 7 nitrogen and oxygen atoms in total. The largest absolute Gasteiger partial charge is 0.507 e. The molecule has 1 spiro atoms. The SMILES string of the molecule is COc1ccc2c3c1O[C@H]1C(=O)CC[C@H]4[C@@H](C2)N(C)CC[C@]314.NC(=O)c1ccccc1O. The van der Waals surface area contributed by atoms with Gasteiger partial charge in [0.05, 0.1) is 12.7 Å². The summed E-state index contributed by atoms with van der Waals surface area (Å²) in [6.45, 7) is 1.05. The van der Waals surface area contributed by atoms with Crippen molar-refractivity contribution in [3.05, 3.63) is 53.1 Å². The van der Waals surface area contributed by atoms with Crippen LogP contribution in [0.2, 0.25) is 0 Å². The smallest absolute Gasteiger partial charge is 0.252 e. The third kappa shape index (κ3) is 2.84. The Morgan fingerprint density at radius 1 is 1.28 bits per heavy atom. The van der Waals surface area contributed by atoms with Crippen LogP contribution in [0.15, 0.2) is 36.4 Å². The van der Waals surface area contributed by atoms with Crippen molar-refractivity contribution in [3.63, 3.8) is 0 Å². The summed E-state index contributed by atoms with van der Waals surface area (Å²) in [6, 6.07) is 10.9. The summed E-state index contributed by atoms with van der Waals surface area (Å²) in [5.74, 6) is 1.77. The van der Waals surface area contributed by atoms with Gasteiger partial charge in [0.25, 0.3) is 5.91 Å². The number of rotatable bonds is 2. The van der Waals surface area contributed by atoms with E-state index in [1.165, 1.54) is 23.3 Å². The molecular formula is C25H28N2O5. The fourth-order valence-corrected chi connectivity index (χ4v) is 6.35. The topological polar surface area (TPSA) is 102 Å². The van der Waals surface area contributed by atoms with Gasteiger partial charge in [0.2, 0.25) is 0 Å². The minimum Gasteiger partial charge on any atom is -0.507 e. The number of nitrogens with zero attached hydrogens (tertiary/aromatic N) is 1. The number of para-hydroxylation sites is 1. The number of aromatic hydroxyl groups is 1. The van der Waals surface area contributed by atoms with Crippen LogP contribution in [0.1, 0.15) is 40.7 Å². The quantitative estimate of drug-likeness (QED) is 0.750. The first-order valence-corrected chi connectivity index (χ1v) is 11.1. The molecule has 32 heavy (non-hydrogen) atoms. The molecule has 2 bridgehead atoms. The lowest BCUT2D eigenvalue weighted by Gasteiger charge is -2.57. The second-order valence-electron chi connectivity index (χ2n) is 9.16. The summed E-state index contributed by atoms with van der Waals surface area (Å²) < 4.78 is 11.8. The van der Waals surface area contributed by atoms with Gasteiger partial charge in [0, 0.05) is 23.4 Å². The van der Waals surface area contributed by atoms with Gasteiger partial charge in [0.15, 0.2) is 23.4 Å². The molecule has 0 aromatic heterocycles. The number of likely N-dealkylation sites (tertiary alicyclic amines) is 1. The fraction of sp³-hybridized carbons (Fsp3) is 0.440. The Bertz CT molecular complexity index is 1100. The molecule has 4 aliphatic rings. The summed E-state index contributed by atoms with van der Waals surface area (Å²) in [5.41, 5.74) is 7.64. The van der Waals surface area contributed by atoms with Crippen molar-refractivity contribution in [3.8, 4) is 17.2 Å². The molecule has 2 heterocycles. The van der Waals surface area contributed by atoms with Gasteiger partial charge in [-0.15, -0.1) is 0 Å². The van der Waals surface area contributed by atoms with Crippen molar-refractivity contribution in [2.24, 2.45) is 11.7 Å². The molecule has 3 N–H and O–H groups in total. The molecule has 2 aliphatic carbocycles. The average molecular weight is 437 g/mol. The molecule has 168 valence electrons. The van der Waals surface area contributed by atoms with Crippen LogP contribution in [0.25, 0.3) is 0 Å². The van der Waals surface area contributed by atoms with Crippen LogP contribution in [-0.4, -0.2) is 54.5 Å². The van der Waals surface area contributed by atoms with Crippen molar-refractivity contribution < 1.29 is 24.2 Å². The molecule has 1 saturated heterocycles. The summed E-state index contributed by atoms with van der Waals surface area (Å²) >= 11 is 0. The Balaban J connectivity index is 0.000000183. The molecule has 1 amide bonds. The highest BCUT2D eigenvalue weighted by atomic mass is 16.5. The van der Waals surface area contributed by atoms with Crippen molar-refractivity contribution in [2.45, 2.75) is 43.2 Å². The Morgan fingerprint density at radius 3 is 2.75 bits per heavy atom. The van der Waals surface area contributed by atoms with Crippen LogP contribution in [0.5, 0.6) is 17.2 Å². The van der Waals surface area contributed by atoms with E-state index in [9.17, 15) is 9.59 Å². The van der Waals surface area contributed by atoms with Crippen molar-refractivity contribution in [1.82, 2.24) is 4.90 Å². The number of benzene rings is 2. The molecule has 2 aromatic carbocycles. The van der Waals surface area contributed by atoms with Crippen LogP contribution in [0.3, 0.4) is 0 Å². The standard InChI is InChI=1S/C18H21NO3.C7H7NO2/c1-19-8-7-18-11-4-5-13(20)17(18)22-16-14(21-2)6-3-10(15(16)18)9-12(11)19;8-7(10)5-3-1-2-4-6(5)9/h3,6,11-12,17H,4-5,7-9H2,1-2H3;1-4,9H,(H2,8,10)/t11-,12+,17-,18-;/m0./s1. The molecule has 6 rings (SSSR count). The Labute approximate surface area is 187 Å². The van der Waals surface area contributed by atoms with E-state index in [1.54, 1.807) is 19.2 Å². The highest BCUT2D eigenvalue weighted by molar-refractivity contribution is 5.95. The molecular weight excluding hydrogens is 408 g/mol. The van der Waals surface area contributed by atoms with E-state index < -0.39 is 5.91 Å². The van der Waals surface area contributed by atoms with Crippen LogP contribution in [-0.2, 0) is 16.6 Å². The number of ether oxygens (including phenoxy) is 2. The van der Waals surface area contributed by atoms with E-state index in [2.05, 4.69) is 18.0 Å². The Hall–Kier alpha value is -3.06. The molecule has 0 radical (unpaired) electrons. The zero-order valence-electron chi connectivity index (χ0n) is 18.3. The second-order valence-corrected chi connectivity index (χ2v) is 9.16. The van der Waals surface area contributed by atoms with Gasteiger partial charge in [0.1, 0.15) is 5.75 Å². The lowest BCUT2D eigenvalue weighted by Crippen LogP contribution is -2.65. The van der Waals surface area contributed by atoms with E-state index >= 15 is 0 Å². The third-order valence-corrected chi connectivity index (χ3v) is 7.76. The second kappa shape index (κ2) is 7.52. The molecule has 1 saturated carbocycles. The highest BCUT2D eigenvalue weighted by Crippen LogP contribution is 2.63. The zero-order chi connectivity index (χ0) is 22.6. The highest BCUT2D eigenvalue weighted by Gasteiger charge is 2.65. The number of phenols is 1. The van der Waals surface area contributed by atoms with Gasteiger partial charge >= 0.3 is 0 Å². The van der Waals surface area contributed by atoms with Crippen molar-refractivity contribution >= 4 is 11.7 Å². The minimum atomic E-state index is -0.613. The van der Waals surface area contributed by atoms with E-state index in [0.29, 0.717) is 18.4 Å². The number of hydrogen-bond acceptors (Lipinski definition) is 6. The predicted octanol–water partition coefficient (Wildman–Crippen LogP) is 2.42. The van der Waals surface area contributed by atoms with E-state index in [1.807, 2.05) is 6.07 Å². The number of methoxy groups -OCH3 is 1. The molecule has 4 atom stereocenters. The number of primary amides is 1. The maximum atomic E-state index is 12.6. The number of Topliss-reactive ketones (excluding diaryl/α,β-unsaturated/α-hetero) is 1. The van der Waals surface area contributed by atoms with Crippen LogP contribution in [0, 0.1) is 5.92 Å². The number of carbonyl (C=O) groups is 2. The molecule has 0 unspecified atom stereocenters. The monoisotopic (exact) mass is 436 g/mol. The average Bonchev–Trinajstić information content (AvgIpc) is 3.14. The minimum absolute atomic E-state index is 0.0741. The molecule has 2 aromatic rings. The maximum Gasteiger partial charge on any atom is 0.252 e. The normalized spacial score (nSPS) is 29.3. The van der Waals surface area contributed by atoms with Gasteiger partial charge < -0.3 is 25.2 Å². The summed E-state index contributed by atoms with van der Waals surface area (Å²) in [5, 5.41) is 8.98. The summed E-state index contributed by atoms with van der Waals surface area (Å²) in [7, 11) is 3.91. The van der Waals surface area contributed by atoms with E-state index in [4.69, 9.17) is 20.3 Å². The number of ketones is 1. The maximum absolute atomic E-state index is 12.6. The third-order valence-electron chi connectivity index (χ3n) is 7.76. The van der Waals surface area contributed by atoms with Crippen LogP contribution in [0.4, 0.5) is 0 Å². The number of carbonyl (C=O) groups excluding carboxylic acids is 2. The Morgan fingerprint density at radius 2 is 2.06 bits per heavy atom. The lowest BCUT2D eigenvalue weighted by atomic mass is 9.52. The lowest BCUT2D eigenvalue weighted by molar-refractivity contribution is -0.138. The zero-order valence-corrected chi connectivity index (χ0v) is 18.3. The number of nitrogens with two attached hydrogens (primary N) is 1. The van der Waals surface area contributed by atoms with Gasteiger partial charge in [-0.05, 0) is 62.5 Å². The first-order valence-electron chi connectivity index (χ1n) is 11.1. The molecule has 2 aliphatic heterocycles. The summed E-state index contributed by atoms with van der Waals surface area (Å²) in [4.78, 5) is 25.6. The van der Waals surface area contributed by atoms with Gasteiger partial charge in [-0.3, -0.25) is 9.59 Å². The molecule has 2 fully saturated rings. The number of piperidine rings is 1. The van der Waals surface area contributed by atoms with E-state index in [0.717, 1.165) is 37.3 Å². The van der Waals surface area contributed by atoms with Gasteiger partial charge in [-0.25, -0.2) is 0 Å². The first kappa shape index (κ1) is 20.8. The van der Waals surface area contributed by atoms with Crippen molar-refractivity contribution in [1.29, 1.82) is 0 Å².